The number of rotatable bonds is 5. The number of hydrogen-bond acceptors (Lipinski definition) is 9. The molecule has 2 rings (SSSR count). The first kappa shape index (κ1) is 16.2. The lowest BCUT2D eigenvalue weighted by Crippen LogP contribution is -2.27. The van der Waals surface area contributed by atoms with E-state index in [2.05, 4.69) is 20.3 Å². The Kier molecular flexibility index (Phi) is 4.43. The van der Waals surface area contributed by atoms with Crippen LogP contribution in [-0.4, -0.2) is 54.6 Å². The maximum Gasteiger partial charge on any atom is 0.465 e. The molecule has 12 nitrogen and oxygen atoms in total. The van der Waals surface area contributed by atoms with Crippen molar-refractivity contribution in [2.75, 3.05) is 13.1 Å². The van der Waals surface area contributed by atoms with Crippen LogP contribution in [0, 0.1) is 10.1 Å². The van der Waals surface area contributed by atoms with Crippen molar-refractivity contribution in [3.05, 3.63) is 21.6 Å². The summed E-state index contributed by atoms with van der Waals surface area (Å²) in [6.45, 7) is 3.42. The molecule has 0 aromatic carbocycles. The van der Waals surface area contributed by atoms with Gasteiger partial charge in [-0.15, -0.1) is 5.11 Å². The molecule has 1 aromatic rings. The molecule has 0 atom stereocenters. The third kappa shape index (κ3) is 3.20. The summed E-state index contributed by atoms with van der Waals surface area (Å²) < 4.78 is 0.461. The summed E-state index contributed by atoms with van der Waals surface area (Å²) in [6.07, 6.45) is 0.709. The highest BCUT2D eigenvalue weighted by molar-refractivity contribution is 5.96. The Hall–Kier alpha value is -3.18. The molecule has 1 N–H and O–H groups in total. The Labute approximate surface area is 129 Å². The van der Waals surface area contributed by atoms with Crippen molar-refractivity contribution in [1.29, 1.82) is 0 Å². The molecule has 0 saturated carbocycles. The second-order valence-corrected chi connectivity index (χ2v) is 4.62. The van der Waals surface area contributed by atoms with Gasteiger partial charge in [-0.2, -0.15) is 0 Å². The van der Waals surface area contributed by atoms with Crippen molar-refractivity contribution >= 4 is 23.7 Å². The molecule has 0 saturated heterocycles. The zero-order valence-corrected chi connectivity index (χ0v) is 12.3. The van der Waals surface area contributed by atoms with Crippen LogP contribution < -0.4 is 0 Å². The number of carbonyl (C=O) groups is 2. The lowest BCUT2D eigenvalue weighted by Gasteiger charge is -2.13. The molecule has 0 spiro atoms. The summed E-state index contributed by atoms with van der Waals surface area (Å²) in [5.74, 6) is -2.76. The van der Waals surface area contributed by atoms with Gasteiger partial charge in [-0.1, -0.05) is 16.7 Å². The van der Waals surface area contributed by atoms with Crippen molar-refractivity contribution < 1.29 is 19.6 Å². The third-order valence-corrected chi connectivity index (χ3v) is 2.88. The Morgan fingerprint density at radius 1 is 1.48 bits per heavy atom. The van der Waals surface area contributed by atoms with Gasteiger partial charge in [-0.05, 0) is 21.4 Å². The van der Waals surface area contributed by atoms with Gasteiger partial charge in [0.05, 0.1) is 6.54 Å². The molecule has 23 heavy (non-hydrogen) atoms. The van der Waals surface area contributed by atoms with Gasteiger partial charge < -0.3 is 20.1 Å². The minimum atomic E-state index is -0.895. The Morgan fingerprint density at radius 3 is 2.70 bits per heavy atom. The van der Waals surface area contributed by atoms with Gasteiger partial charge in [0.2, 0.25) is 0 Å². The van der Waals surface area contributed by atoms with E-state index in [-0.39, 0.29) is 18.0 Å². The number of amides is 1. The zero-order valence-electron chi connectivity index (χ0n) is 12.3. The van der Waals surface area contributed by atoms with E-state index in [9.17, 15) is 24.8 Å². The number of nitrogens with zero attached hydrogens (tertiary/aromatic N) is 7. The van der Waals surface area contributed by atoms with Gasteiger partial charge in [0.15, 0.2) is 5.70 Å². The molecule has 0 radical (unpaired) electrons. The van der Waals surface area contributed by atoms with Crippen molar-refractivity contribution in [1.82, 2.24) is 19.7 Å². The lowest BCUT2D eigenvalue weighted by atomic mass is 10.4. The van der Waals surface area contributed by atoms with Crippen LogP contribution >= 0.6 is 0 Å². The fourth-order valence-corrected chi connectivity index (χ4v) is 1.91. The molecule has 2 heterocycles. The first-order valence-electron chi connectivity index (χ1n) is 6.60. The molecule has 1 amide bonds. The zero-order chi connectivity index (χ0) is 17.1. The van der Waals surface area contributed by atoms with Gasteiger partial charge in [0.1, 0.15) is 5.76 Å². The van der Waals surface area contributed by atoms with E-state index in [0.717, 1.165) is 6.92 Å². The monoisotopic (exact) mass is 323 g/mol. The van der Waals surface area contributed by atoms with Crippen LogP contribution in [0.4, 0.5) is 11.9 Å². The van der Waals surface area contributed by atoms with Gasteiger partial charge in [-0.3, -0.25) is 9.59 Å². The Balaban J connectivity index is 2.26. The number of azo groups is 1. The summed E-state index contributed by atoms with van der Waals surface area (Å²) in [4.78, 5) is 37.9. The molecule has 1 aromatic heterocycles. The fraction of sp³-hybridized carbons (Fsp3) is 0.455. The maximum absolute atomic E-state index is 12.0. The summed E-state index contributed by atoms with van der Waals surface area (Å²) >= 11 is 0. The third-order valence-electron chi connectivity index (χ3n) is 2.88. The summed E-state index contributed by atoms with van der Waals surface area (Å²) in [7, 11) is 0. The summed E-state index contributed by atoms with van der Waals surface area (Å²) in [5.41, 5.74) is -0.278. The predicted molar refractivity (Wildman–Crippen MR) is 74.0 cm³/mol. The number of aliphatic hydroxyl groups is 1. The Morgan fingerprint density at radius 2 is 2.17 bits per heavy atom. The normalized spacial score (nSPS) is 15.0. The van der Waals surface area contributed by atoms with Gasteiger partial charge in [0, 0.05) is 13.5 Å². The van der Waals surface area contributed by atoms with E-state index in [1.165, 1.54) is 4.90 Å². The van der Waals surface area contributed by atoms with Crippen LogP contribution in [0.25, 0.3) is 0 Å². The van der Waals surface area contributed by atoms with E-state index < -0.39 is 28.6 Å². The summed E-state index contributed by atoms with van der Waals surface area (Å²) in [6, 6.07) is 0. The van der Waals surface area contributed by atoms with Crippen LogP contribution in [0.2, 0.25) is 0 Å². The highest BCUT2D eigenvalue weighted by Crippen LogP contribution is 2.21. The first-order valence-corrected chi connectivity index (χ1v) is 6.60. The first-order chi connectivity index (χ1) is 10.8. The molecular weight excluding hydrogens is 310 g/mol. The van der Waals surface area contributed by atoms with Crippen molar-refractivity contribution in [3.8, 4) is 0 Å². The standard InChI is InChI=1S/C11H13N7O5/c1-3-4-16-5-7(20)8(9(16)21)13-14-10-12-11(18(22)23)17(15-10)6(2)19/h20H,3-5H2,1-2H3. The molecule has 12 heteroatoms. The molecule has 0 fully saturated rings. The van der Waals surface area contributed by atoms with Crippen LogP contribution in [0.5, 0.6) is 0 Å². The quantitative estimate of drug-likeness (QED) is 0.480. The average Bonchev–Trinajstić information content (AvgIpc) is 3.01. The number of nitro groups is 1. The van der Waals surface area contributed by atoms with Gasteiger partial charge in [0.25, 0.3) is 5.91 Å². The van der Waals surface area contributed by atoms with E-state index in [4.69, 9.17) is 0 Å². The molecule has 122 valence electrons. The number of carbonyl (C=O) groups excluding carboxylic acids is 2. The molecule has 1 aliphatic rings. The largest absolute Gasteiger partial charge is 0.508 e. The molecule has 0 bridgehead atoms. The van der Waals surface area contributed by atoms with Crippen molar-refractivity contribution in [2.45, 2.75) is 20.3 Å². The molecule has 0 unspecified atom stereocenters. The van der Waals surface area contributed by atoms with Crippen molar-refractivity contribution in [2.24, 2.45) is 10.2 Å². The van der Waals surface area contributed by atoms with Crippen LogP contribution in [-0.2, 0) is 4.79 Å². The minimum absolute atomic E-state index is 0.0243. The van der Waals surface area contributed by atoms with E-state index in [1.807, 2.05) is 6.92 Å². The topological polar surface area (TPSA) is 156 Å². The minimum Gasteiger partial charge on any atom is -0.508 e. The molecular formula is C11H13N7O5. The number of hydrogen-bond donors (Lipinski definition) is 1. The lowest BCUT2D eigenvalue weighted by molar-refractivity contribution is -0.395. The van der Waals surface area contributed by atoms with Gasteiger partial charge >= 0.3 is 17.8 Å². The average molecular weight is 323 g/mol. The number of aromatic nitrogens is 3. The van der Waals surface area contributed by atoms with E-state index >= 15 is 0 Å². The van der Waals surface area contributed by atoms with Crippen LogP contribution in [0.15, 0.2) is 21.7 Å². The Bertz CT molecular complexity index is 704. The fourth-order valence-electron chi connectivity index (χ4n) is 1.91. The van der Waals surface area contributed by atoms with Crippen LogP contribution in [0.1, 0.15) is 25.1 Å². The molecule has 0 aliphatic carbocycles. The second-order valence-electron chi connectivity index (χ2n) is 4.62. The highest BCUT2D eigenvalue weighted by atomic mass is 16.6. The second kappa shape index (κ2) is 6.29. The van der Waals surface area contributed by atoms with E-state index in [0.29, 0.717) is 17.6 Å². The van der Waals surface area contributed by atoms with Crippen molar-refractivity contribution in [3.63, 3.8) is 0 Å². The highest BCUT2D eigenvalue weighted by Gasteiger charge is 2.31. The predicted octanol–water partition coefficient (Wildman–Crippen LogP) is 0.952. The SMILES string of the molecule is CCCN1CC(O)=C(N=Nc2nc([N+](=O)[O-])n(C(C)=O)n2)C1=O. The smallest absolute Gasteiger partial charge is 0.465 e. The van der Waals surface area contributed by atoms with E-state index in [1.54, 1.807) is 0 Å². The molecule has 1 aliphatic heterocycles. The summed E-state index contributed by atoms with van der Waals surface area (Å²) in [5, 5.41) is 31.1. The van der Waals surface area contributed by atoms with Gasteiger partial charge in [-0.25, -0.2) is 0 Å². The van der Waals surface area contributed by atoms with Crippen LogP contribution in [0.3, 0.4) is 0 Å². The maximum atomic E-state index is 12.0. The number of aliphatic hydroxyl groups excluding tert-OH is 1.